The molecule has 2 heterocycles. The number of carboxylic acids is 1. The molecule has 4 bridgehead atoms. The first-order chi connectivity index (χ1) is 17.0. The highest BCUT2D eigenvalue weighted by Gasteiger charge is 2.49. The minimum absolute atomic E-state index is 0.00655. The van der Waals surface area contributed by atoms with E-state index in [-0.39, 0.29) is 12.5 Å². The van der Waals surface area contributed by atoms with Gasteiger partial charge in [0.15, 0.2) is 0 Å². The van der Waals surface area contributed by atoms with Gasteiger partial charge >= 0.3 is 5.97 Å². The number of pyridine rings is 1. The molecule has 6 aliphatic rings. The second kappa shape index (κ2) is 9.67. The van der Waals surface area contributed by atoms with Crippen molar-refractivity contribution in [2.75, 3.05) is 19.7 Å². The van der Waals surface area contributed by atoms with Gasteiger partial charge in [-0.05, 0) is 93.7 Å². The molecule has 3 N–H and O–H groups in total. The van der Waals surface area contributed by atoms with Crippen LogP contribution in [0.5, 0.6) is 0 Å². The lowest BCUT2D eigenvalue weighted by Gasteiger charge is -2.54. The molecule has 8 heteroatoms. The zero-order valence-electron chi connectivity index (χ0n) is 20.3. The lowest BCUT2D eigenvalue weighted by atomic mass is 9.54. The van der Waals surface area contributed by atoms with Gasteiger partial charge in [-0.3, -0.25) is 4.79 Å². The molecule has 1 atom stereocenters. The fraction of sp³-hybridized carbons (Fsp3) is 0.741. The second-order valence-electron chi connectivity index (χ2n) is 11.6. The molecule has 7 rings (SSSR count). The Morgan fingerprint density at radius 3 is 2.46 bits per heavy atom. The van der Waals surface area contributed by atoms with Gasteiger partial charge in [0.05, 0.1) is 11.3 Å². The van der Waals surface area contributed by atoms with Gasteiger partial charge in [0.1, 0.15) is 17.2 Å². The van der Waals surface area contributed by atoms with E-state index in [2.05, 4.69) is 10.6 Å². The highest BCUT2D eigenvalue weighted by Crippen LogP contribution is 2.53. The minimum Gasteiger partial charge on any atom is -0.480 e. The summed E-state index contributed by atoms with van der Waals surface area (Å²) in [6.07, 6.45) is 11.9. The summed E-state index contributed by atoms with van der Waals surface area (Å²) in [5.74, 6) is 2.04. The van der Waals surface area contributed by atoms with E-state index in [0.29, 0.717) is 41.7 Å². The Hall–Kier alpha value is -1.64. The maximum absolute atomic E-state index is 13.7. The van der Waals surface area contributed by atoms with Crippen LogP contribution in [0, 0.1) is 23.7 Å². The molecule has 1 aromatic heterocycles. The average molecular weight is 500 g/mol. The number of hydrogen-bond acceptors (Lipinski definition) is 6. The summed E-state index contributed by atoms with van der Waals surface area (Å²) in [5.41, 5.74) is 0.633. The molecule has 5 saturated carbocycles. The number of nitrogens with zero attached hydrogens (tertiary/aromatic N) is 1. The zero-order chi connectivity index (χ0) is 24.0. The van der Waals surface area contributed by atoms with Crippen molar-refractivity contribution >= 4 is 23.6 Å². The normalized spacial score (nSPS) is 36.1. The third-order valence-electron chi connectivity index (χ3n) is 9.26. The highest BCUT2D eigenvalue weighted by molar-refractivity contribution is 7.99. The molecule has 6 fully saturated rings. The summed E-state index contributed by atoms with van der Waals surface area (Å²) in [5, 5.41) is 17.2. The second-order valence-corrected chi connectivity index (χ2v) is 12.9. The summed E-state index contributed by atoms with van der Waals surface area (Å²) >= 11 is 1.73. The summed E-state index contributed by atoms with van der Waals surface area (Å²) < 4.78 is 5.91. The van der Waals surface area contributed by atoms with Crippen molar-refractivity contribution in [3.05, 3.63) is 23.4 Å². The van der Waals surface area contributed by atoms with Gasteiger partial charge in [-0.1, -0.05) is 12.8 Å². The van der Waals surface area contributed by atoms with E-state index >= 15 is 0 Å². The van der Waals surface area contributed by atoms with Crippen molar-refractivity contribution in [1.82, 2.24) is 15.6 Å². The van der Waals surface area contributed by atoms with Crippen LogP contribution in [0.2, 0.25) is 0 Å². The Bertz CT molecular complexity index is 945. The summed E-state index contributed by atoms with van der Waals surface area (Å²) in [6, 6.07) is 4.10. The van der Waals surface area contributed by atoms with Crippen LogP contribution >= 0.6 is 11.8 Å². The molecule has 5 aliphatic carbocycles. The SMILES string of the molecule is O=C(O)CO[C@@]1(c2ccc(C(=O)NC3C4CC5CC(C4)CC3C5)c(SC3CCCC3)n2)CCNC1. The van der Waals surface area contributed by atoms with E-state index in [1.807, 2.05) is 12.1 Å². The maximum atomic E-state index is 13.7. The predicted molar refractivity (Wildman–Crippen MR) is 133 cm³/mol. The third kappa shape index (κ3) is 4.74. The number of amides is 1. The number of rotatable bonds is 8. The molecular weight excluding hydrogens is 462 g/mol. The summed E-state index contributed by atoms with van der Waals surface area (Å²) in [7, 11) is 0. The molecular formula is C27H37N3O4S. The molecule has 0 aromatic carbocycles. The topological polar surface area (TPSA) is 101 Å². The molecule has 1 aliphatic heterocycles. The van der Waals surface area contributed by atoms with Crippen LogP contribution in [0.3, 0.4) is 0 Å². The van der Waals surface area contributed by atoms with Gasteiger partial charge in [0.2, 0.25) is 0 Å². The van der Waals surface area contributed by atoms with Gasteiger partial charge < -0.3 is 20.5 Å². The van der Waals surface area contributed by atoms with Crippen molar-refractivity contribution in [3.8, 4) is 0 Å². The van der Waals surface area contributed by atoms with Crippen LogP contribution in [-0.2, 0) is 15.1 Å². The van der Waals surface area contributed by atoms with Crippen LogP contribution in [0.4, 0.5) is 0 Å². The minimum atomic E-state index is -0.983. The van der Waals surface area contributed by atoms with E-state index in [1.54, 1.807) is 11.8 Å². The summed E-state index contributed by atoms with van der Waals surface area (Å²) in [4.78, 5) is 29.9. The van der Waals surface area contributed by atoms with Crippen LogP contribution in [-0.4, -0.2) is 53.0 Å². The number of hydrogen-bond donors (Lipinski definition) is 3. The Morgan fingerprint density at radius 1 is 1.11 bits per heavy atom. The predicted octanol–water partition coefficient (Wildman–Crippen LogP) is 3.96. The van der Waals surface area contributed by atoms with E-state index in [0.717, 1.165) is 41.9 Å². The first-order valence-corrected chi connectivity index (χ1v) is 14.4. The van der Waals surface area contributed by atoms with Gasteiger partial charge in [-0.25, -0.2) is 9.78 Å². The number of nitrogens with one attached hydrogen (secondary N) is 2. The molecule has 1 aromatic rings. The largest absolute Gasteiger partial charge is 0.480 e. The molecule has 190 valence electrons. The van der Waals surface area contributed by atoms with E-state index in [1.165, 1.54) is 44.9 Å². The van der Waals surface area contributed by atoms with Gasteiger partial charge in [-0.15, -0.1) is 11.8 Å². The van der Waals surface area contributed by atoms with Crippen LogP contribution in [0.15, 0.2) is 17.2 Å². The van der Waals surface area contributed by atoms with Crippen LogP contribution in [0.1, 0.15) is 80.3 Å². The van der Waals surface area contributed by atoms with E-state index in [4.69, 9.17) is 9.72 Å². The van der Waals surface area contributed by atoms with Crippen molar-refractivity contribution in [1.29, 1.82) is 0 Å². The number of carbonyl (C=O) groups excluding carboxylic acids is 1. The number of carbonyl (C=O) groups is 2. The standard InChI is InChI=1S/C27H37N3O4S/c31-23(32)14-34-27(7-8-28-15-27)22-6-5-21(26(29-22)35-20-3-1-2-4-20)25(33)30-24-18-10-16-9-17(12-18)13-19(24)11-16/h5-6,16-20,24,28H,1-4,7-15H2,(H,30,33)(H,31,32)/t16?,17?,18?,19?,24?,27-/m0/s1. The van der Waals surface area contributed by atoms with Crippen molar-refractivity contribution in [3.63, 3.8) is 0 Å². The number of ether oxygens (including phenoxy) is 1. The third-order valence-corrected chi connectivity index (χ3v) is 10.6. The fourth-order valence-corrected chi connectivity index (χ4v) is 9.12. The summed E-state index contributed by atoms with van der Waals surface area (Å²) in [6.45, 7) is 0.921. The molecule has 7 nitrogen and oxygen atoms in total. The van der Waals surface area contributed by atoms with Gasteiger partial charge in [0.25, 0.3) is 5.91 Å². The van der Waals surface area contributed by atoms with E-state index < -0.39 is 11.6 Å². The molecule has 1 amide bonds. The van der Waals surface area contributed by atoms with Gasteiger partial charge in [-0.2, -0.15) is 0 Å². The maximum Gasteiger partial charge on any atom is 0.329 e. The lowest BCUT2D eigenvalue weighted by molar-refractivity contribution is -0.149. The Kier molecular flexibility index (Phi) is 6.56. The fourth-order valence-electron chi connectivity index (χ4n) is 7.80. The molecule has 35 heavy (non-hydrogen) atoms. The molecule has 0 unspecified atom stereocenters. The Balaban J connectivity index is 1.26. The Labute approximate surface area is 211 Å². The van der Waals surface area contributed by atoms with Crippen molar-refractivity contribution < 1.29 is 19.4 Å². The molecule has 0 radical (unpaired) electrons. The first-order valence-electron chi connectivity index (χ1n) is 13.5. The monoisotopic (exact) mass is 499 g/mol. The van der Waals surface area contributed by atoms with Crippen LogP contribution in [0.25, 0.3) is 0 Å². The highest BCUT2D eigenvalue weighted by atomic mass is 32.2. The van der Waals surface area contributed by atoms with E-state index in [9.17, 15) is 14.7 Å². The number of aromatic nitrogens is 1. The number of carboxylic acid groups (broad SMARTS) is 1. The van der Waals surface area contributed by atoms with Crippen LogP contribution < -0.4 is 10.6 Å². The Morgan fingerprint density at radius 2 is 1.83 bits per heavy atom. The molecule has 0 spiro atoms. The zero-order valence-corrected chi connectivity index (χ0v) is 21.2. The average Bonchev–Trinajstić information content (AvgIpc) is 3.52. The quantitative estimate of drug-likeness (QED) is 0.498. The molecule has 1 saturated heterocycles. The number of thioether (sulfide) groups is 1. The van der Waals surface area contributed by atoms with Gasteiger partial charge in [0, 0.05) is 17.8 Å². The first kappa shape index (κ1) is 23.7. The van der Waals surface area contributed by atoms with Crippen molar-refractivity contribution in [2.45, 2.75) is 86.1 Å². The number of aliphatic carboxylic acids is 1. The smallest absolute Gasteiger partial charge is 0.329 e. The van der Waals surface area contributed by atoms with Crippen molar-refractivity contribution in [2.24, 2.45) is 23.7 Å². The lowest BCUT2D eigenvalue weighted by Crippen LogP contribution is -2.55.